The van der Waals surface area contributed by atoms with Gasteiger partial charge in [-0.25, -0.2) is 9.97 Å². The zero-order chi connectivity index (χ0) is 28.8. The first kappa shape index (κ1) is 23.6. The number of hydrogen-bond acceptors (Lipinski definition) is 2. The molecule has 0 saturated carbocycles. The van der Waals surface area contributed by atoms with Gasteiger partial charge in [0, 0.05) is 32.5 Å². The summed E-state index contributed by atoms with van der Waals surface area (Å²) in [5.41, 5.74) is 11.0. The van der Waals surface area contributed by atoms with Crippen molar-refractivity contribution in [3.63, 3.8) is 0 Å². The van der Waals surface area contributed by atoms with E-state index < -0.39 is 0 Å². The summed E-state index contributed by atoms with van der Waals surface area (Å²) in [6.07, 6.45) is 2.02. The van der Waals surface area contributed by atoms with Crippen LogP contribution in [0.15, 0.2) is 146 Å². The summed E-state index contributed by atoms with van der Waals surface area (Å²) >= 11 is 0. The predicted octanol–water partition coefficient (Wildman–Crippen LogP) is 10.1. The first-order valence-electron chi connectivity index (χ1n) is 14.9. The Morgan fingerprint density at radius 1 is 0.386 bits per heavy atom. The van der Waals surface area contributed by atoms with E-state index in [0.29, 0.717) is 5.82 Å². The molecule has 44 heavy (non-hydrogen) atoms. The minimum atomic E-state index is 0.712. The Bertz CT molecular complexity index is 2560. The molecule has 4 nitrogen and oxygen atoms in total. The molecule has 6 aromatic carbocycles. The number of benzene rings is 6. The fourth-order valence-corrected chi connectivity index (χ4v) is 7.20. The van der Waals surface area contributed by atoms with E-state index in [2.05, 4.69) is 130 Å². The molecule has 0 unspecified atom stereocenters. The van der Waals surface area contributed by atoms with Gasteiger partial charge in [0.05, 0.1) is 39.3 Å². The summed E-state index contributed by atoms with van der Waals surface area (Å²) in [6.45, 7) is 0. The van der Waals surface area contributed by atoms with Gasteiger partial charge in [-0.1, -0.05) is 115 Å². The maximum atomic E-state index is 5.39. The third-order valence-electron chi connectivity index (χ3n) is 9.11. The summed E-state index contributed by atoms with van der Waals surface area (Å²) < 4.78 is 4.85. The largest absolute Gasteiger partial charge is 0.306 e. The van der Waals surface area contributed by atoms with Crippen molar-refractivity contribution in [3.8, 4) is 22.5 Å². The fraction of sp³-hybridized carbons (Fsp3) is 0. The highest BCUT2D eigenvalue weighted by Gasteiger charge is 2.21. The zero-order valence-corrected chi connectivity index (χ0v) is 23.6. The number of aromatic nitrogens is 4. The van der Waals surface area contributed by atoms with Gasteiger partial charge in [-0.2, -0.15) is 0 Å². The van der Waals surface area contributed by atoms with E-state index in [-0.39, 0.29) is 0 Å². The van der Waals surface area contributed by atoms with Gasteiger partial charge in [-0.3, -0.25) is 0 Å². The van der Waals surface area contributed by atoms with Crippen LogP contribution in [0.3, 0.4) is 0 Å². The summed E-state index contributed by atoms with van der Waals surface area (Å²) in [6, 6.07) is 49.7. The van der Waals surface area contributed by atoms with E-state index in [1.807, 2.05) is 24.4 Å². The Morgan fingerprint density at radius 2 is 0.932 bits per heavy atom. The molecule has 10 rings (SSSR count). The van der Waals surface area contributed by atoms with Crippen LogP contribution in [0, 0.1) is 0 Å². The molecular formula is C40H24N4. The van der Waals surface area contributed by atoms with Crippen molar-refractivity contribution in [1.82, 2.24) is 18.8 Å². The van der Waals surface area contributed by atoms with E-state index in [9.17, 15) is 0 Å². The molecule has 0 radical (unpaired) electrons. The summed E-state index contributed by atoms with van der Waals surface area (Å²) in [4.78, 5) is 10.4. The second-order valence-electron chi connectivity index (χ2n) is 11.5. The molecule has 0 N–H and O–H groups in total. The zero-order valence-electron chi connectivity index (χ0n) is 23.6. The molecule has 204 valence electrons. The Labute approximate surface area is 252 Å². The lowest BCUT2D eigenvalue weighted by Crippen LogP contribution is -1.98. The second-order valence-corrected chi connectivity index (χ2v) is 11.5. The lowest BCUT2D eigenvalue weighted by atomic mass is 10.0. The van der Waals surface area contributed by atoms with Gasteiger partial charge in [0.15, 0.2) is 5.82 Å². The SMILES string of the molecule is c1ccc(-c2ccc3c(c2)c2nc(-c4ccccc4)ncc2n2c4ccccc4c4ccc5c6ccccc6n3c5c42)cc1. The molecule has 0 atom stereocenters. The van der Waals surface area contributed by atoms with Gasteiger partial charge >= 0.3 is 0 Å². The Kier molecular flexibility index (Phi) is 4.69. The van der Waals surface area contributed by atoms with Crippen molar-refractivity contribution >= 4 is 65.5 Å². The molecule has 0 fully saturated rings. The molecular weight excluding hydrogens is 536 g/mol. The molecule has 0 spiro atoms. The maximum Gasteiger partial charge on any atom is 0.159 e. The number of fused-ring (bicyclic) bond motifs is 11. The van der Waals surface area contributed by atoms with Crippen molar-refractivity contribution in [2.24, 2.45) is 0 Å². The van der Waals surface area contributed by atoms with Crippen LogP contribution in [0.2, 0.25) is 0 Å². The average molecular weight is 561 g/mol. The van der Waals surface area contributed by atoms with Gasteiger partial charge in [-0.15, -0.1) is 0 Å². The molecule has 4 aromatic heterocycles. The molecule has 0 aliphatic heterocycles. The van der Waals surface area contributed by atoms with Crippen molar-refractivity contribution in [2.45, 2.75) is 0 Å². The Morgan fingerprint density at radius 3 is 1.59 bits per heavy atom. The van der Waals surface area contributed by atoms with Crippen LogP contribution in [0.1, 0.15) is 0 Å². The summed E-state index contributed by atoms with van der Waals surface area (Å²) in [5.74, 6) is 0.712. The van der Waals surface area contributed by atoms with Crippen molar-refractivity contribution in [2.75, 3.05) is 0 Å². The standard InChI is InChI=1S/C40H24N4/c1-3-11-25(12-4-1)27-19-22-35-32(23-27)37-36(24-41-40(42-37)26-13-5-2-6-14-26)44-34-18-10-8-16-29(34)31-21-20-30-28-15-7-9-17-33(28)43(35)38(30)39(31)44/h1-24H. The predicted molar refractivity (Wildman–Crippen MR) is 182 cm³/mol. The van der Waals surface area contributed by atoms with E-state index in [4.69, 9.17) is 9.97 Å². The van der Waals surface area contributed by atoms with Crippen LogP contribution < -0.4 is 0 Å². The minimum Gasteiger partial charge on any atom is -0.306 e. The Hall–Kier alpha value is -6.00. The smallest absolute Gasteiger partial charge is 0.159 e. The van der Waals surface area contributed by atoms with Crippen LogP contribution in [0.5, 0.6) is 0 Å². The monoisotopic (exact) mass is 560 g/mol. The molecule has 4 heterocycles. The maximum absolute atomic E-state index is 5.39. The number of hydrogen-bond donors (Lipinski definition) is 0. The fourth-order valence-electron chi connectivity index (χ4n) is 7.20. The van der Waals surface area contributed by atoms with Crippen LogP contribution >= 0.6 is 0 Å². The van der Waals surface area contributed by atoms with E-state index >= 15 is 0 Å². The average Bonchev–Trinajstić information content (AvgIpc) is 3.61. The summed E-state index contributed by atoms with van der Waals surface area (Å²) in [5, 5.41) is 5.99. The summed E-state index contributed by atoms with van der Waals surface area (Å²) in [7, 11) is 0. The van der Waals surface area contributed by atoms with Gasteiger partial charge < -0.3 is 8.80 Å². The van der Waals surface area contributed by atoms with Gasteiger partial charge in [-0.05, 0) is 35.4 Å². The molecule has 0 bridgehead atoms. The molecule has 4 heteroatoms. The van der Waals surface area contributed by atoms with Crippen molar-refractivity contribution in [3.05, 3.63) is 146 Å². The quantitative estimate of drug-likeness (QED) is 0.211. The topological polar surface area (TPSA) is 34.6 Å². The molecule has 0 aliphatic carbocycles. The van der Waals surface area contributed by atoms with Crippen LogP contribution in [0.4, 0.5) is 0 Å². The third-order valence-corrected chi connectivity index (χ3v) is 9.11. The van der Waals surface area contributed by atoms with E-state index in [1.54, 1.807) is 0 Å². The third kappa shape index (κ3) is 3.11. The minimum absolute atomic E-state index is 0.712. The van der Waals surface area contributed by atoms with Crippen LogP contribution in [-0.2, 0) is 0 Å². The molecule has 0 saturated heterocycles. The Balaban J connectivity index is 1.55. The highest BCUT2D eigenvalue weighted by Crippen LogP contribution is 2.41. The normalized spacial score (nSPS) is 12.1. The number of para-hydroxylation sites is 2. The van der Waals surface area contributed by atoms with E-state index in [1.165, 1.54) is 43.7 Å². The highest BCUT2D eigenvalue weighted by molar-refractivity contribution is 6.25. The van der Waals surface area contributed by atoms with E-state index in [0.717, 1.165) is 38.6 Å². The van der Waals surface area contributed by atoms with Gasteiger partial charge in [0.1, 0.15) is 5.52 Å². The van der Waals surface area contributed by atoms with Crippen LogP contribution in [0.25, 0.3) is 88.1 Å². The lowest BCUT2D eigenvalue weighted by molar-refractivity contribution is 1.19. The first-order valence-corrected chi connectivity index (χ1v) is 14.9. The molecule has 10 aromatic rings. The highest BCUT2D eigenvalue weighted by atomic mass is 15.0. The van der Waals surface area contributed by atoms with Crippen molar-refractivity contribution in [1.29, 1.82) is 0 Å². The van der Waals surface area contributed by atoms with Crippen LogP contribution in [-0.4, -0.2) is 18.8 Å². The van der Waals surface area contributed by atoms with Gasteiger partial charge in [0.25, 0.3) is 0 Å². The number of nitrogens with zero attached hydrogens (tertiary/aromatic N) is 4. The first-order chi connectivity index (χ1) is 21.8. The molecule has 0 aliphatic rings. The van der Waals surface area contributed by atoms with Crippen molar-refractivity contribution < 1.29 is 0 Å². The molecule has 0 amide bonds. The second kappa shape index (κ2) is 8.76. The van der Waals surface area contributed by atoms with Gasteiger partial charge in [0.2, 0.25) is 0 Å². The lowest BCUT2D eigenvalue weighted by Gasteiger charge is -2.12. The number of rotatable bonds is 2.